The highest BCUT2D eigenvalue weighted by atomic mass is 35.5. The summed E-state index contributed by atoms with van der Waals surface area (Å²) in [6, 6.07) is 8.24. The summed E-state index contributed by atoms with van der Waals surface area (Å²) in [4.78, 5) is 28.7. The first kappa shape index (κ1) is 18.4. The van der Waals surface area contributed by atoms with E-state index < -0.39 is 0 Å². The molecule has 1 fully saturated rings. The quantitative estimate of drug-likeness (QED) is 0.886. The predicted molar refractivity (Wildman–Crippen MR) is 98.3 cm³/mol. The molecule has 1 atom stereocenters. The zero-order valence-corrected chi connectivity index (χ0v) is 15.5. The van der Waals surface area contributed by atoms with Crippen LogP contribution in [0.4, 0.5) is 5.82 Å². The lowest BCUT2D eigenvalue weighted by molar-refractivity contribution is -0.121. The molecular weight excluding hydrogens is 356 g/mol. The topological polar surface area (TPSA) is 78.7 Å². The third kappa shape index (κ3) is 4.23. The lowest BCUT2D eigenvalue weighted by Gasteiger charge is -2.37. The third-order valence-electron chi connectivity index (χ3n) is 4.50. The SMILES string of the molecule is Cc1cc(NC(=O)C(C)N2CCN(C(=O)c3ccc(Cl)cc3)CC2)no1. The van der Waals surface area contributed by atoms with Crippen molar-refractivity contribution in [3.63, 3.8) is 0 Å². The number of aromatic nitrogens is 1. The third-order valence-corrected chi connectivity index (χ3v) is 4.75. The fourth-order valence-electron chi connectivity index (χ4n) is 2.91. The summed E-state index contributed by atoms with van der Waals surface area (Å²) < 4.78 is 4.95. The van der Waals surface area contributed by atoms with E-state index in [1.54, 1.807) is 42.2 Å². The molecule has 0 bridgehead atoms. The van der Waals surface area contributed by atoms with Gasteiger partial charge in [0.25, 0.3) is 5.91 Å². The summed E-state index contributed by atoms with van der Waals surface area (Å²) in [5.41, 5.74) is 0.620. The highest BCUT2D eigenvalue weighted by molar-refractivity contribution is 6.30. The Labute approximate surface area is 156 Å². The van der Waals surface area contributed by atoms with Gasteiger partial charge in [-0.3, -0.25) is 14.5 Å². The van der Waals surface area contributed by atoms with E-state index in [2.05, 4.69) is 10.5 Å². The van der Waals surface area contributed by atoms with Crippen LogP contribution in [-0.2, 0) is 4.79 Å². The largest absolute Gasteiger partial charge is 0.360 e. The average molecular weight is 377 g/mol. The summed E-state index contributed by atoms with van der Waals surface area (Å²) in [7, 11) is 0. The number of halogens is 1. The number of hydrogen-bond donors (Lipinski definition) is 1. The van der Waals surface area contributed by atoms with Crippen LogP contribution in [-0.4, -0.2) is 59.0 Å². The molecule has 1 unspecified atom stereocenters. The van der Waals surface area contributed by atoms with Crippen molar-refractivity contribution >= 4 is 29.2 Å². The Hall–Kier alpha value is -2.38. The van der Waals surface area contributed by atoms with Crippen molar-refractivity contribution in [1.82, 2.24) is 15.0 Å². The van der Waals surface area contributed by atoms with Crippen molar-refractivity contribution in [3.05, 3.63) is 46.7 Å². The molecule has 1 aliphatic rings. The van der Waals surface area contributed by atoms with E-state index in [0.717, 1.165) is 0 Å². The molecule has 26 heavy (non-hydrogen) atoms. The molecule has 0 spiro atoms. The maximum Gasteiger partial charge on any atom is 0.253 e. The number of benzene rings is 1. The Morgan fingerprint density at radius 3 is 2.42 bits per heavy atom. The zero-order valence-electron chi connectivity index (χ0n) is 14.7. The number of piperazine rings is 1. The molecule has 1 saturated heterocycles. The first-order chi connectivity index (χ1) is 12.4. The van der Waals surface area contributed by atoms with E-state index in [1.807, 2.05) is 11.8 Å². The van der Waals surface area contributed by atoms with Gasteiger partial charge in [0.2, 0.25) is 5.91 Å². The van der Waals surface area contributed by atoms with E-state index in [4.69, 9.17) is 16.1 Å². The Morgan fingerprint density at radius 1 is 1.19 bits per heavy atom. The standard InChI is InChI=1S/C18H21ClN4O3/c1-12-11-16(21-26-12)20-17(24)13(2)22-7-9-23(10-8-22)18(25)14-3-5-15(19)6-4-14/h3-6,11,13H,7-10H2,1-2H3,(H,20,21,24). The Kier molecular flexibility index (Phi) is 5.58. The minimum atomic E-state index is -0.320. The van der Waals surface area contributed by atoms with Gasteiger partial charge in [-0.1, -0.05) is 16.8 Å². The van der Waals surface area contributed by atoms with Crippen LogP contribution >= 0.6 is 11.6 Å². The van der Waals surface area contributed by atoms with Crippen molar-refractivity contribution in [1.29, 1.82) is 0 Å². The number of carbonyl (C=O) groups excluding carboxylic acids is 2. The van der Waals surface area contributed by atoms with Crippen LogP contribution in [0.5, 0.6) is 0 Å². The second-order valence-electron chi connectivity index (χ2n) is 6.32. The molecule has 8 heteroatoms. The molecule has 3 rings (SSSR count). The smallest absolute Gasteiger partial charge is 0.253 e. The summed E-state index contributed by atoms with van der Waals surface area (Å²) in [6.07, 6.45) is 0. The molecule has 1 N–H and O–H groups in total. The lowest BCUT2D eigenvalue weighted by atomic mass is 10.1. The van der Waals surface area contributed by atoms with Gasteiger partial charge in [0.05, 0.1) is 6.04 Å². The molecule has 1 aliphatic heterocycles. The van der Waals surface area contributed by atoms with Crippen molar-refractivity contribution in [2.45, 2.75) is 19.9 Å². The molecule has 0 aliphatic carbocycles. The molecule has 2 amide bonds. The fourth-order valence-corrected chi connectivity index (χ4v) is 3.04. The van der Waals surface area contributed by atoms with Crippen LogP contribution in [0.2, 0.25) is 5.02 Å². The van der Waals surface area contributed by atoms with E-state index in [0.29, 0.717) is 48.3 Å². The Balaban J connectivity index is 1.53. The van der Waals surface area contributed by atoms with Gasteiger partial charge in [-0.25, -0.2) is 0 Å². The van der Waals surface area contributed by atoms with Crippen molar-refractivity contribution in [2.24, 2.45) is 0 Å². The number of carbonyl (C=O) groups is 2. The summed E-state index contributed by atoms with van der Waals surface area (Å²) in [6.45, 7) is 6.02. The Morgan fingerprint density at radius 2 is 1.85 bits per heavy atom. The van der Waals surface area contributed by atoms with Gasteiger partial charge in [0.15, 0.2) is 5.82 Å². The van der Waals surface area contributed by atoms with Gasteiger partial charge in [-0.05, 0) is 38.1 Å². The van der Waals surface area contributed by atoms with Gasteiger partial charge >= 0.3 is 0 Å². The van der Waals surface area contributed by atoms with Crippen molar-refractivity contribution in [3.8, 4) is 0 Å². The number of amides is 2. The lowest BCUT2D eigenvalue weighted by Crippen LogP contribution is -2.54. The molecule has 2 heterocycles. The average Bonchev–Trinajstić information content (AvgIpc) is 3.06. The second kappa shape index (κ2) is 7.88. The number of anilines is 1. The van der Waals surface area contributed by atoms with Crippen molar-refractivity contribution in [2.75, 3.05) is 31.5 Å². The molecule has 7 nitrogen and oxygen atoms in total. The van der Waals surface area contributed by atoms with Gasteiger partial charge < -0.3 is 14.7 Å². The number of rotatable bonds is 4. The normalized spacial score (nSPS) is 16.3. The van der Waals surface area contributed by atoms with E-state index in [9.17, 15) is 9.59 Å². The van der Waals surface area contributed by atoms with E-state index in [1.165, 1.54) is 0 Å². The molecule has 1 aromatic carbocycles. The minimum Gasteiger partial charge on any atom is -0.360 e. The van der Waals surface area contributed by atoms with Crippen LogP contribution < -0.4 is 5.32 Å². The van der Waals surface area contributed by atoms with Crippen LogP contribution in [0, 0.1) is 6.92 Å². The first-order valence-corrected chi connectivity index (χ1v) is 8.85. The van der Waals surface area contributed by atoms with Crippen molar-refractivity contribution < 1.29 is 14.1 Å². The maximum atomic E-state index is 12.5. The second-order valence-corrected chi connectivity index (χ2v) is 6.76. The van der Waals surface area contributed by atoms with Gasteiger partial charge in [-0.2, -0.15) is 0 Å². The minimum absolute atomic E-state index is 0.0171. The Bertz CT molecular complexity index is 782. The van der Waals surface area contributed by atoms with Crippen LogP contribution in [0.25, 0.3) is 0 Å². The highest BCUT2D eigenvalue weighted by Crippen LogP contribution is 2.15. The summed E-state index contributed by atoms with van der Waals surface area (Å²) in [5, 5.41) is 7.12. The molecule has 0 saturated carbocycles. The van der Waals surface area contributed by atoms with Crippen LogP contribution in [0.3, 0.4) is 0 Å². The zero-order chi connectivity index (χ0) is 18.7. The number of nitrogens with zero attached hydrogens (tertiary/aromatic N) is 3. The monoisotopic (exact) mass is 376 g/mol. The predicted octanol–water partition coefficient (Wildman–Crippen LogP) is 2.42. The molecule has 2 aromatic rings. The number of hydrogen-bond acceptors (Lipinski definition) is 5. The van der Waals surface area contributed by atoms with E-state index >= 15 is 0 Å². The molecule has 138 valence electrons. The van der Waals surface area contributed by atoms with Gasteiger partial charge in [-0.15, -0.1) is 0 Å². The van der Waals surface area contributed by atoms with Gasteiger partial charge in [0, 0.05) is 42.8 Å². The van der Waals surface area contributed by atoms with E-state index in [-0.39, 0.29) is 17.9 Å². The summed E-state index contributed by atoms with van der Waals surface area (Å²) >= 11 is 5.87. The fraction of sp³-hybridized carbons (Fsp3) is 0.389. The maximum absolute atomic E-state index is 12.5. The van der Waals surface area contributed by atoms with Gasteiger partial charge in [0.1, 0.15) is 5.76 Å². The van der Waals surface area contributed by atoms with Crippen LogP contribution in [0.15, 0.2) is 34.9 Å². The number of nitrogens with one attached hydrogen (secondary N) is 1. The van der Waals surface area contributed by atoms with Crippen LogP contribution in [0.1, 0.15) is 23.0 Å². The number of aryl methyl sites for hydroxylation is 1. The highest BCUT2D eigenvalue weighted by Gasteiger charge is 2.28. The molecule has 0 radical (unpaired) electrons. The summed E-state index contributed by atoms with van der Waals surface area (Å²) in [5.74, 6) is 0.894. The first-order valence-electron chi connectivity index (χ1n) is 8.47. The molecular formula is C18H21ClN4O3. The molecule has 1 aromatic heterocycles.